The minimum Gasteiger partial charge on any atom is -0.294 e. The highest BCUT2D eigenvalue weighted by Crippen LogP contribution is 2.16. The third-order valence-electron chi connectivity index (χ3n) is 2.83. The number of hydrogen-bond acceptors (Lipinski definition) is 3. The first kappa shape index (κ1) is 14.9. The van der Waals surface area contributed by atoms with E-state index in [1.54, 1.807) is 6.07 Å². The van der Waals surface area contributed by atoms with Crippen molar-refractivity contribution in [3.8, 4) is 0 Å². The smallest absolute Gasteiger partial charge is 0.231 e. The third kappa shape index (κ3) is 4.61. The van der Waals surface area contributed by atoms with Crippen LogP contribution in [0.25, 0.3) is 0 Å². The van der Waals surface area contributed by atoms with Crippen molar-refractivity contribution in [3.05, 3.63) is 16.9 Å². The van der Waals surface area contributed by atoms with E-state index >= 15 is 0 Å². The van der Waals surface area contributed by atoms with E-state index in [0.717, 1.165) is 31.4 Å². The number of aryl methyl sites for hydroxylation is 1. The summed E-state index contributed by atoms with van der Waals surface area (Å²) in [5, 5.41) is 3.08. The van der Waals surface area contributed by atoms with Crippen LogP contribution in [0.3, 0.4) is 0 Å². The molecule has 1 unspecified atom stereocenters. The summed E-state index contributed by atoms with van der Waals surface area (Å²) in [7, 11) is 0. The van der Waals surface area contributed by atoms with E-state index in [9.17, 15) is 4.79 Å². The molecule has 4 nitrogen and oxygen atoms in total. The Bertz CT molecular complexity index is 389. The van der Waals surface area contributed by atoms with Crippen molar-refractivity contribution in [1.29, 1.82) is 0 Å². The van der Waals surface area contributed by atoms with Gasteiger partial charge in [0.1, 0.15) is 5.15 Å². The zero-order valence-corrected chi connectivity index (χ0v) is 11.9. The number of unbranched alkanes of at least 4 members (excludes halogenated alkanes) is 1. The van der Waals surface area contributed by atoms with Crippen LogP contribution in [0.2, 0.25) is 5.15 Å². The van der Waals surface area contributed by atoms with Crippen LogP contribution in [0.4, 0.5) is 5.95 Å². The quantitative estimate of drug-likeness (QED) is 0.803. The zero-order chi connectivity index (χ0) is 13.5. The lowest BCUT2D eigenvalue weighted by Gasteiger charge is -2.13. The predicted octanol–water partition coefficient (Wildman–Crippen LogP) is 3.59. The zero-order valence-electron chi connectivity index (χ0n) is 11.2. The van der Waals surface area contributed by atoms with Gasteiger partial charge < -0.3 is 0 Å². The van der Waals surface area contributed by atoms with Crippen LogP contribution in [0, 0.1) is 12.8 Å². The Morgan fingerprint density at radius 2 is 2.17 bits per heavy atom. The van der Waals surface area contributed by atoms with Crippen molar-refractivity contribution in [2.24, 2.45) is 5.92 Å². The maximum atomic E-state index is 12.0. The molecule has 0 aliphatic heterocycles. The highest BCUT2D eigenvalue weighted by molar-refractivity contribution is 6.29. The summed E-state index contributed by atoms with van der Waals surface area (Å²) in [6.07, 6.45) is 3.88. The van der Waals surface area contributed by atoms with Crippen molar-refractivity contribution in [2.45, 2.75) is 46.5 Å². The second-order valence-corrected chi connectivity index (χ2v) is 4.78. The maximum Gasteiger partial charge on any atom is 0.231 e. The Balaban J connectivity index is 2.67. The third-order valence-corrected chi connectivity index (χ3v) is 3.02. The number of carbonyl (C=O) groups is 1. The average molecular weight is 270 g/mol. The van der Waals surface area contributed by atoms with Gasteiger partial charge in [0.15, 0.2) is 0 Å². The van der Waals surface area contributed by atoms with Gasteiger partial charge in [-0.05, 0) is 25.8 Å². The highest BCUT2D eigenvalue weighted by Gasteiger charge is 2.17. The Hall–Kier alpha value is -1.16. The van der Waals surface area contributed by atoms with Gasteiger partial charge in [-0.15, -0.1) is 0 Å². The number of nitrogens with one attached hydrogen (secondary N) is 1. The number of aromatic nitrogens is 2. The molecule has 100 valence electrons. The molecular weight excluding hydrogens is 250 g/mol. The maximum absolute atomic E-state index is 12.0. The van der Waals surface area contributed by atoms with Crippen molar-refractivity contribution in [1.82, 2.24) is 9.97 Å². The molecule has 1 amide bonds. The molecule has 0 aromatic carbocycles. The molecule has 0 fully saturated rings. The van der Waals surface area contributed by atoms with Gasteiger partial charge in [-0.3, -0.25) is 10.1 Å². The molecule has 1 heterocycles. The highest BCUT2D eigenvalue weighted by atomic mass is 35.5. The number of nitrogens with zero attached hydrogens (tertiary/aromatic N) is 2. The monoisotopic (exact) mass is 269 g/mol. The minimum absolute atomic E-state index is 0.0207. The summed E-state index contributed by atoms with van der Waals surface area (Å²) >= 11 is 5.83. The van der Waals surface area contributed by atoms with Gasteiger partial charge in [0.25, 0.3) is 0 Å². The number of carbonyl (C=O) groups excluding carboxylic acids is 1. The van der Waals surface area contributed by atoms with Gasteiger partial charge in [-0.2, -0.15) is 0 Å². The van der Waals surface area contributed by atoms with Crippen LogP contribution in [0.1, 0.15) is 45.2 Å². The fourth-order valence-electron chi connectivity index (χ4n) is 1.77. The van der Waals surface area contributed by atoms with Gasteiger partial charge >= 0.3 is 0 Å². The lowest BCUT2D eigenvalue weighted by atomic mass is 9.98. The normalized spacial score (nSPS) is 12.2. The molecule has 1 aromatic heterocycles. The van der Waals surface area contributed by atoms with Crippen LogP contribution in [0.5, 0.6) is 0 Å². The summed E-state index contributed by atoms with van der Waals surface area (Å²) in [6.45, 7) is 5.95. The van der Waals surface area contributed by atoms with Crippen molar-refractivity contribution in [3.63, 3.8) is 0 Å². The van der Waals surface area contributed by atoms with Crippen molar-refractivity contribution in [2.75, 3.05) is 5.32 Å². The molecule has 0 saturated carbocycles. The van der Waals surface area contributed by atoms with Crippen LogP contribution >= 0.6 is 11.6 Å². The van der Waals surface area contributed by atoms with E-state index in [0.29, 0.717) is 11.1 Å². The van der Waals surface area contributed by atoms with Gasteiger partial charge in [0, 0.05) is 11.6 Å². The Kier molecular flexibility index (Phi) is 6.05. The van der Waals surface area contributed by atoms with Crippen LogP contribution < -0.4 is 5.32 Å². The Morgan fingerprint density at radius 3 is 2.72 bits per heavy atom. The molecule has 1 rings (SSSR count). The number of rotatable bonds is 6. The van der Waals surface area contributed by atoms with Crippen LogP contribution in [-0.2, 0) is 4.79 Å². The number of halogens is 1. The lowest BCUT2D eigenvalue weighted by molar-refractivity contribution is -0.120. The number of amides is 1. The summed E-state index contributed by atoms with van der Waals surface area (Å²) in [5.41, 5.74) is 0.743. The standard InChI is InChI=1S/C13H20ClN3O/c1-4-6-7-10(5-2)12(18)17-13-15-9(3)8-11(14)16-13/h8,10H,4-7H2,1-3H3,(H,15,16,17,18). The second kappa shape index (κ2) is 7.31. The van der Waals surface area contributed by atoms with E-state index in [1.165, 1.54) is 0 Å². The van der Waals surface area contributed by atoms with E-state index in [2.05, 4.69) is 22.2 Å². The van der Waals surface area contributed by atoms with Crippen LogP contribution in [-0.4, -0.2) is 15.9 Å². The molecular formula is C13H20ClN3O. The van der Waals surface area contributed by atoms with Gasteiger partial charge in [0.2, 0.25) is 11.9 Å². The predicted molar refractivity (Wildman–Crippen MR) is 73.7 cm³/mol. The van der Waals surface area contributed by atoms with E-state index in [1.807, 2.05) is 13.8 Å². The largest absolute Gasteiger partial charge is 0.294 e. The molecule has 0 aliphatic rings. The first-order chi connectivity index (χ1) is 8.56. The van der Waals surface area contributed by atoms with Gasteiger partial charge in [0.05, 0.1) is 0 Å². The lowest BCUT2D eigenvalue weighted by Crippen LogP contribution is -2.23. The molecule has 0 aliphatic carbocycles. The molecule has 1 N–H and O–H groups in total. The van der Waals surface area contributed by atoms with Gasteiger partial charge in [-0.1, -0.05) is 38.3 Å². The topological polar surface area (TPSA) is 54.9 Å². The molecule has 1 atom stereocenters. The first-order valence-corrected chi connectivity index (χ1v) is 6.76. The average Bonchev–Trinajstić information content (AvgIpc) is 2.28. The van der Waals surface area contributed by atoms with E-state index in [4.69, 9.17) is 11.6 Å². The molecule has 5 heteroatoms. The molecule has 1 aromatic rings. The van der Waals surface area contributed by atoms with Crippen molar-refractivity contribution < 1.29 is 4.79 Å². The van der Waals surface area contributed by atoms with E-state index < -0.39 is 0 Å². The molecule has 18 heavy (non-hydrogen) atoms. The Labute approximate surface area is 113 Å². The number of anilines is 1. The minimum atomic E-state index is -0.0207. The second-order valence-electron chi connectivity index (χ2n) is 4.39. The van der Waals surface area contributed by atoms with Gasteiger partial charge in [-0.25, -0.2) is 9.97 Å². The first-order valence-electron chi connectivity index (χ1n) is 6.38. The van der Waals surface area contributed by atoms with Crippen molar-refractivity contribution >= 4 is 23.5 Å². The molecule has 0 saturated heterocycles. The van der Waals surface area contributed by atoms with Crippen LogP contribution in [0.15, 0.2) is 6.07 Å². The fraction of sp³-hybridized carbons (Fsp3) is 0.615. The molecule has 0 radical (unpaired) electrons. The SMILES string of the molecule is CCCCC(CC)C(=O)Nc1nc(C)cc(Cl)n1. The number of hydrogen-bond donors (Lipinski definition) is 1. The summed E-state index contributed by atoms with van der Waals surface area (Å²) in [6, 6.07) is 1.66. The summed E-state index contributed by atoms with van der Waals surface area (Å²) < 4.78 is 0. The molecule has 0 bridgehead atoms. The summed E-state index contributed by atoms with van der Waals surface area (Å²) in [4.78, 5) is 20.2. The fourth-order valence-corrected chi connectivity index (χ4v) is 2.01. The van der Waals surface area contributed by atoms with E-state index in [-0.39, 0.29) is 11.8 Å². The molecule has 0 spiro atoms. The summed E-state index contributed by atoms with van der Waals surface area (Å²) in [5.74, 6) is 0.292. The Morgan fingerprint density at radius 1 is 1.44 bits per heavy atom.